The second kappa shape index (κ2) is 6.47. The zero-order valence-electron chi connectivity index (χ0n) is 16.4. The summed E-state index contributed by atoms with van der Waals surface area (Å²) in [6, 6.07) is 0. The summed E-state index contributed by atoms with van der Waals surface area (Å²) in [6.07, 6.45) is 8.48. The van der Waals surface area contributed by atoms with Gasteiger partial charge in [-0.3, -0.25) is 4.79 Å². The highest BCUT2D eigenvalue weighted by Gasteiger charge is 2.61. The van der Waals surface area contributed by atoms with Crippen LogP contribution in [0.2, 0.25) is 0 Å². The van der Waals surface area contributed by atoms with Gasteiger partial charge in [-0.1, -0.05) is 31.2 Å². The molecule has 4 nitrogen and oxygen atoms in total. The van der Waals surface area contributed by atoms with Gasteiger partial charge in [0.1, 0.15) is 12.4 Å². The third kappa shape index (κ3) is 2.59. The normalized spacial score (nSPS) is 46.7. The minimum absolute atomic E-state index is 0.0787. The molecule has 144 valence electrons. The maximum atomic E-state index is 12.6. The minimum atomic E-state index is -0.0787. The highest BCUT2D eigenvalue weighted by Crippen LogP contribution is 2.66. The Morgan fingerprint density at radius 1 is 1.19 bits per heavy atom. The largest absolute Gasteiger partial charge is 0.395 e. The summed E-state index contributed by atoms with van der Waals surface area (Å²) in [7, 11) is 0. The number of allylic oxidation sites excluding steroid dienone is 1. The Morgan fingerprint density at radius 3 is 2.77 bits per heavy atom. The van der Waals surface area contributed by atoms with Crippen molar-refractivity contribution in [3.8, 4) is 0 Å². The van der Waals surface area contributed by atoms with Crippen LogP contribution in [0.3, 0.4) is 0 Å². The molecule has 4 heteroatoms. The highest BCUT2D eigenvalue weighted by molar-refractivity contribution is 5.87. The smallest absolute Gasteiger partial charge is 0.139 e. The lowest BCUT2D eigenvalue weighted by Crippen LogP contribution is -2.54. The summed E-state index contributed by atoms with van der Waals surface area (Å²) in [4.78, 5) is 17.9. The molecule has 26 heavy (non-hydrogen) atoms. The van der Waals surface area contributed by atoms with Crippen molar-refractivity contribution < 1.29 is 9.63 Å². The molecular formula is C22H34N2O2. The first-order valence-corrected chi connectivity index (χ1v) is 10.5. The number of hydrogen-bond donors (Lipinski definition) is 1. The Kier molecular flexibility index (Phi) is 4.53. The van der Waals surface area contributed by atoms with E-state index in [4.69, 9.17) is 10.6 Å². The van der Waals surface area contributed by atoms with Crippen LogP contribution < -0.4 is 5.73 Å². The zero-order valence-corrected chi connectivity index (χ0v) is 16.4. The third-order valence-electron chi connectivity index (χ3n) is 8.58. The van der Waals surface area contributed by atoms with Crippen molar-refractivity contribution in [3.63, 3.8) is 0 Å². The predicted molar refractivity (Wildman–Crippen MR) is 104 cm³/mol. The van der Waals surface area contributed by atoms with Crippen LogP contribution in [0, 0.1) is 34.5 Å². The molecule has 4 rings (SSSR count). The molecule has 1 unspecified atom stereocenters. The number of oxime groups is 1. The molecule has 4 aliphatic carbocycles. The topological polar surface area (TPSA) is 64.7 Å². The van der Waals surface area contributed by atoms with Crippen molar-refractivity contribution in [3.05, 3.63) is 12.2 Å². The molecule has 0 bridgehead atoms. The summed E-state index contributed by atoms with van der Waals surface area (Å²) in [5.41, 5.74) is 8.38. The van der Waals surface area contributed by atoms with Gasteiger partial charge in [0.25, 0.3) is 0 Å². The van der Waals surface area contributed by atoms with Crippen molar-refractivity contribution in [2.24, 2.45) is 45.4 Å². The van der Waals surface area contributed by atoms with Gasteiger partial charge in [-0.15, -0.1) is 0 Å². The molecule has 0 aliphatic heterocycles. The van der Waals surface area contributed by atoms with Crippen LogP contribution in [-0.2, 0) is 9.63 Å². The average molecular weight is 359 g/mol. The maximum Gasteiger partial charge on any atom is 0.139 e. The molecule has 0 aromatic rings. The monoisotopic (exact) mass is 358 g/mol. The second-order valence-corrected chi connectivity index (χ2v) is 9.71. The molecule has 0 amide bonds. The molecule has 6 atom stereocenters. The fraction of sp³-hybridized carbons (Fsp3) is 0.818. The molecule has 0 heterocycles. The van der Waals surface area contributed by atoms with E-state index in [0.717, 1.165) is 38.5 Å². The average Bonchev–Trinajstić information content (AvgIpc) is 2.92. The van der Waals surface area contributed by atoms with Crippen LogP contribution in [-0.4, -0.2) is 24.6 Å². The molecule has 4 saturated carbocycles. The van der Waals surface area contributed by atoms with E-state index in [1.54, 1.807) is 0 Å². The van der Waals surface area contributed by atoms with Crippen molar-refractivity contribution in [2.45, 2.75) is 65.2 Å². The molecule has 4 fully saturated rings. The Bertz CT molecular complexity index is 642. The van der Waals surface area contributed by atoms with E-state index in [0.29, 0.717) is 48.0 Å². The molecule has 0 aromatic heterocycles. The van der Waals surface area contributed by atoms with Gasteiger partial charge >= 0.3 is 0 Å². The van der Waals surface area contributed by atoms with Gasteiger partial charge in [-0.25, -0.2) is 0 Å². The van der Waals surface area contributed by atoms with Crippen LogP contribution in [0.1, 0.15) is 65.2 Å². The fourth-order valence-electron chi connectivity index (χ4n) is 6.98. The van der Waals surface area contributed by atoms with Crippen molar-refractivity contribution in [1.29, 1.82) is 0 Å². The lowest BCUT2D eigenvalue weighted by Gasteiger charge is -2.60. The summed E-state index contributed by atoms with van der Waals surface area (Å²) in [5, 5.41) is 4.36. The molecular weight excluding hydrogens is 324 g/mol. The Hall–Kier alpha value is -1.16. The predicted octanol–water partition coefficient (Wildman–Crippen LogP) is 4.10. The van der Waals surface area contributed by atoms with E-state index in [9.17, 15) is 4.79 Å². The standard InChI is InChI=1S/C22H34N2O2/c1-14-12-15-13-16(24-26-11-10-23)6-8-21(15,2)18-7-9-22(3)17(20(14)18)4-5-19(22)25/h15,17-18,20H,1,4-13,23H2,2-3H3/b24-16+/t15?,17-,18-,20-,21-,22-/m0/s1. The fourth-order valence-corrected chi connectivity index (χ4v) is 6.98. The number of nitrogens with zero attached hydrogens (tertiary/aromatic N) is 1. The summed E-state index contributed by atoms with van der Waals surface area (Å²) < 4.78 is 0. The number of carbonyl (C=O) groups is 1. The lowest BCUT2D eigenvalue weighted by molar-refractivity contribution is -0.133. The maximum absolute atomic E-state index is 12.6. The van der Waals surface area contributed by atoms with Crippen molar-refractivity contribution in [2.75, 3.05) is 13.2 Å². The minimum Gasteiger partial charge on any atom is -0.395 e. The quantitative estimate of drug-likeness (QED) is 0.469. The van der Waals surface area contributed by atoms with Gasteiger partial charge in [-0.05, 0) is 74.0 Å². The summed E-state index contributed by atoms with van der Waals surface area (Å²) >= 11 is 0. The number of rotatable bonds is 3. The SMILES string of the molecule is C=C1CC2C/C(=N/OCCN)CC[C@]2(C)[C@H]2CC[C@]3(C)C(=O)CC[C@H]3[C@H]12. The number of Topliss-reactive ketones (excluding diaryl/α,β-unsaturated/α-hetero) is 1. The zero-order chi connectivity index (χ0) is 18.5. The number of nitrogens with two attached hydrogens (primary N) is 1. The Morgan fingerprint density at radius 2 is 2.00 bits per heavy atom. The number of carbonyl (C=O) groups excluding carboxylic acids is 1. The first-order chi connectivity index (χ1) is 12.4. The summed E-state index contributed by atoms with van der Waals surface area (Å²) in [6.45, 7) is 10.3. The van der Waals surface area contributed by atoms with Gasteiger partial charge in [0.15, 0.2) is 0 Å². The van der Waals surface area contributed by atoms with Crippen LogP contribution in [0.4, 0.5) is 0 Å². The van der Waals surface area contributed by atoms with E-state index >= 15 is 0 Å². The molecule has 4 aliphatic rings. The van der Waals surface area contributed by atoms with Gasteiger partial charge in [-0.2, -0.15) is 0 Å². The van der Waals surface area contributed by atoms with Crippen molar-refractivity contribution >= 4 is 11.5 Å². The van der Waals surface area contributed by atoms with E-state index < -0.39 is 0 Å². The first-order valence-electron chi connectivity index (χ1n) is 10.5. The van der Waals surface area contributed by atoms with Gasteiger partial charge < -0.3 is 10.6 Å². The second-order valence-electron chi connectivity index (χ2n) is 9.71. The van der Waals surface area contributed by atoms with E-state index in [1.807, 2.05) is 0 Å². The molecule has 2 N–H and O–H groups in total. The molecule has 0 radical (unpaired) electrons. The Balaban J connectivity index is 1.57. The molecule has 0 spiro atoms. The van der Waals surface area contributed by atoms with Gasteiger partial charge in [0, 0.05) is 18.4 Å². The lowest BCUT2D eigenvalue weighted by atomic mass is 9.44. The molecule has 0 saturated heterocycles. The number of hydrogen-bond acceptors (Lipinski definition) is 4. The van der Waals surface area contributed by atoms with E-state index in [-0.39, 0.29) is 5.41 Å². The van der Waals surface area contributed by atoms with Gasteiger partial charge in [0.05, 0.1) is 5.71 Å². The van der Waals surface area contributed by atoms with Crippen LogP contribution in [0.5, 0.6) is 0 Å². The number of fused-ring (bicyclic) bond motifs is 5. The first kappa shape index (κ1) is 18.2. The third-order valence-corrected chi connectivity index (χ3v) is 8.58. The summed E-state index contributed by atoms with van der Waals surface area (Å²) in [5.74, 6) is 2.89. The number of ketones is 1. The van der Waals surface area contributed by atoms with Crippen LogP contribution in [0.15, 0.2) is 17.3 Å². The van der Waals surface area contributed by atoms with Crippen molar-refractivity contribution in [1.82, 2.24) is 0 Å². The van der Waals surface area contributed by atoms with Crippen LogP contribution >= 0.6 is 0 Å². The Labute approximate surface area is 157 Å². The highest BCUT2D eigenvalue weighted by atomic mass is 16.6. The van der Waals surface area contributed by atoms with Gasteiger partial charge in [0.2, 0.25) is 0 Å². The van der Waals surface area contributed by atoms with Crippen LogP contribution in [0.25, 0.3) is 0 Å². The van der Waals surface area contributed by atoms with E-state index in [1.165, 1.54) is 24.1 Å². The van der Waals surface area contributed by atoms with E-state index in [2.05, 4.69) is 25.6 Å². The molecule has 0 aromatic carbocycles.